The maximum atomic E-state index is 5.40. The number of methoxy groups -OCH3 is 1. The fourth-order valence-electron chi connectivity index (χ4n) is 2.85. The van der Waals surface area contributed by atoms with Crippen molar-refractivity contribution in [1.29, 1.82) is 0 Å². The summed E-state index contributed by atoms with van der Waals surface area (Å²) in [4.78, 5) is 2.45. The monoisotopic (exact) mass is 324 g/mol. The summed E-state index contributed by atoms with van der Waals surface area (Å²) in [6.45, 7) is 1.68. The molecular weight excluding hydrogens is 304 g/mol. The van der Waals surface area contributed by atoms with E-state index in [2.05, 4.69) is 22.2 Å². The molecule has 0 bridgehead atoms. The van der Waals surface area contributed by atoms with Gasteiger partial charge in [-0.05, 0) is 42.7 Å². The van der Waals surface area contributed by atoms with E-state index in [1.54, 1.807) is 13.4 Å². The lowest BCUT2D eigenvalue weighted by Crippen LogP contribution is -2.25. The molecule has 1 fully saturated rings. The molecule has 0 radical (unpaired) electrons. The van der Waals surface area contributed by atoms with Crippen molar-refractivity contribution in [3.8, 4) is 17.3 Å². The zero-order valence-corrected chi connectivity index (χ0v) is 13.6. The molecule has 5 heteroatoms. The van der Waals surface area contributed by atoms with E-state index in [4.69, 9.17) is 13.7 Å². The van der Waals surface area contributed by atoms with Gasteiger partial charge in [-0.2, -0.15) is 0 Å². The van der Waals surface area contributed by atoms with Crippen LogP contribution in [0.4, 0.5) is 0 Å². The number of hydrogen-bond donors (Lipinski definition) is 0. The molecule has 0 N–H and O–H groups in total. The normalized spacial score (nSPS) is 14.2. The first kappa shape index (κ1) is 15.0. The molecule has 1 aliphatic carbocycles. The molecular formula is C19H20N2O3. The average molecular weight is 324 g/mol. The van der Waals surface area contributed by atoms with Gasteiger partial charge < -0.3 is 13.7 Å². The van der Waals surface area contributed by atoms with Crippen molar-refractivity contribution in [2.45, 2.75) is 32.0 Å². The van der Waals surface area contributed by atoms with Crippen LogP contribution in [0.5, 0.6) is 5.75 Å². The fraction of sp³-hybridized carbons (Fsp3) is 0.316. The van der Waals surface area contributed by atoms with Crippen LogP contribution in [0.3, 0.4) is 0 Å². The van der Waals surface area contributed by atoms with Crippen molar-refractivity contribution in [2.24, 2.45) is 0 Å². The minimum absolute atomic E-state index is 0.635. The zero-order chi connectivity index (χ0) is 16.4. The van der Waals surface area contributed by atoms with Gasteiger partial charge in [0.15, 0.2) is 5.76 Å². The van der Waals surface area contributed by atoms with E-state index in [9.17, 15) is 0 Å². The summed E-state index contributed by atoms with van der Waals surface area (Å²) in [6, 6.07) is 14.6. The first-order valence-corrected chi connectivity index (χ1v) is 8.18. The first-order chi connectivity index (χ1) is 11.8. The van der Waals surface area contributed by atoms with E-state index in [1.807, 2.05) is 30.3 Å². The Bertz CT molecular complexity index is 773. The Morgan fingerprint density at radius 1 is 1.12 bits per heavy atom. The lowest BCUT2D eigenvalue weighted by molar-refractivity contribution is 0.237. The van der Waals surface area contributed by atoms with Gasteiger partial charge in [0.25, 0.3) is 0 Å². The largest absolute Gasteiger partial charge is 0.497 e. The highest BCUT2D eigenvalue weighted by atomic mass is 16.5. The highest BCUT2D eigenvalue weighted by molar-refractivity contribution is 5.49. The molecule has 0 unspecified atom stereocenters. The number of aromatic nitrogens is 1. The van der Waals surface area contributed by atoms with Crippen LogP contribution in [-0.4, -0.2) is 23.2 Å². The summed E-state index contributed by atoms with van der Waals surface area (Å²) < 4.78 is 16.0. The molecule has 0 aliphatic heterocycles. The molecule has 4 rings (SSSR count). The van der Waals surface area contributed by atoms with Crippen molar-refractivity contribution in [3.05, 3.63) is 60.0 Å². The van der Waals surface area contributed by atoms with Gasteiger partial charge in [0, 0.05) is 25.2 Å². The SMILES string of the molecule is COc1ccc(CN(Cc2cc(-c3ccco3)on2)C2CC2)cc1. The Balaban J connectivity index is 1.45. The Labute approximate surface area is 140 Å². The minimum Gasteiger partial charge on any atom is -0.497 e. The number of ether oxygens (including phenoxy) is 1. The Hall–Kier alpha value is -2.53. The van der Waals surface area contributed by atoms with Crippen LogP contribution in [0.15, 0.2) is 57.7 Å². The summed E-state index contributed by atoms with van der Waals surface area (Å²) in [5, 5.41) is 4.19. The quantitative estimate of drug-likeness (QED) is 0.654. The number of benzene rings is 1. The number of nitrogens with zero attached hydrogens (tertiary/aromatic N) is 2. The van der Waals surface area contributed by atoms with Crippen LogP contribution in [0.2, 0.25) is 0 Å². The predicted molar refractivity (Wildman–Crippen MR) is 89.5 cm³/mol. The maximum absolute atomic E-state index is 5.40. The molecule has 1 saturated carbocycles. The summed E-state index contributed by atoms with van der Waals surface area (Å²) in [5.41, 5.74) is 2.21. The summed E-state index contributed by atoms with van der Waals surface area (Å²) >= 11 is 0. The van der Waals surface area contributed by atoms with Crippen molar-refractivity contribution in [1.82, 2.24) is 10.1 Å². The van der Waals surface area contributed by atoms with E-state index < -0.39 is 0 Å². The summed E-state index contributed by atoms with van der Waals surface area (Å²) in [5.74, 6) is 2.27. The van der Waals surface area contributed by atoms with Gasteiger partial charge in [0.1, 0.15) is 5.75 Å². The van der Waals surface area contributed by atoms with Gasteiger partial charge >= 0.3 is 0 Å². The molecule has 2 heterocycles. The molecule has 3 aromatic rings. The average Bonchev–Trinajstić information content (AvgIpc) is 3.11. The topological polar surface area (TPSA) is 51.6 Å². The molecule has 24 heavy (non-hydrogen) atoms. The third kappa shape index (κ3) is 3.36. The van der Waals surface area contributed by atoms with Crippen molar-refractivity contribution in [3.63, 3.8) is 0 Å². The van der Waals surface area contributed by atoms with E-state index in [0.717, 1.165) is 24.5 Å². The van der Waals surface area contributed by atoms with E-state index in [-0.39, 0.29) is 0 Å². The highest BCUT2D eigenvalue weighted by Gasteiger charge is 2.29. The maximum Gasteiger partial charge on any atom is 0.202 e. The molecule has 1 aromatic carbocycles. The Morgan fingerprint density at radius 3 is 2.62 bits per heavy atom. The molecule has 1 aliphatic rings. The summed E-state index contributed by atoms with van der Waals surface area (Å²) in [7, 11) is 1.69. The molecule has 2 aromatic heterocycles. The second-order valence-electron chi connectivity index (χ2n) is 6.14. The van der Waals surface area contributed by atoms with E-state index in [1.165, 1.54) is 18.4 Å². The van der Waals surface area contributed by atoms with Crippen LogP contribution >= 0.6 is 0 Å². The smallest absolute Gasteiger partial charge is 0.202 e. The molecule has 0 saturated heterocycles. The lowest BCUT2D eigenvalue weighted by atomic mass is 10.2. The predicted octanol–water partition coefficient (Wildman–Crippen LogP) is 4.11. The second-order valence-corrected chi connectivity index (χ2v) is 6.14. The number of rotatable bonds is 7. The van der Waals surface area contributed by atoms with Crippen LogP contribution in [-0.2, 0) is 13.1 Å². The zero-order valence-electron chi connectivity index (χ0n) is 13.6. The van der Waals surface area contributed by atoms with Gasteiger partial charge in [-0.15, -0.1) is 0 Å². The fourth-order valence-corrected chi connectivity index (χ4v) is 2.85. The Morgan fingerprint density at radius 2 is 1.96 bits per heavy atom. The number of furan rings is 1. The highest BCUT2D eigenvalue weighted by Crippen LogP contribution is 2.30. The van der Waals surface area contributed by atoms with Crippen LogP contribution in [0.1, 0.15) is 24.1 Å². The summed E-state index contributed by atoms with van der Waals surface area (Å²) in [6.07, 6.45) is 4.13. The first-order valence-electron chi connectivity index (χ1n) is 8.18. The van der Waals surface area contributed by atoms with E-state index >= 15 is 0 Å². The van der Waals surface area contributed by atoms with Gasteiger partial charge in [-0.25, -0.2) is 0 Å². The van der Waals surface area contributed by atoms with E-state index in [0.29, 0.717) is 17.6 Å². The van der Waals surface area contributed by atoms with Crippen LogP contribution in [0.25, 0.3) is 11.5 Å². The standard InChI is InChI=1S/C19H20N2O3/c1-22-17-8-4-14(5-9-17)12-21(16-6-7-16)13-15-11-19(24-20-15)18-3-2-10-23-18/h2-5,8-11,16H,6-7,12-13H2,1H3. The van der Waals surface area contributed by atoms with Gasteiger partial charge in [0.05, 0.1) is 19.1 Å². The van der Waals surface area contributed by atoms with Crippen molar-refractivity contribution >= 4 is 0 Å². The van der Waals surface area contributed by atoms with Crippen molar-refractivity contribution in [2.75, 3.05) is 7.11 Å². The minimum atomic E-state index is 0.635. The van der Waals surface area contributed by atoms with Gasteiger partial charge in [0.2, 0.25) is 5.76 Å². The second kappa shape index (κ2) is 6.53. The third-order valence-electron chi connectivity index (χ3n) is 4.30. The molecule has 5 nitrogen and oxygen atoms in total. The van der Waals surface area contributed by atoms with Gasteiger partial charge in [-0.3, -0.25) is 4.90 Å². The van der Waals surface area contributed by atoms with Crippen LogP contribution < -0.4 is 4.74 Å². The molecule has 0 atom stereocenters. The van der Waals surface area contributed by atoms with Gasteiger partial charge in [-0.1, -0.05) is 17.3 Å². The molecule has 0 spiro atoms. The van der Waals surface area contributed by atoms with Crippen molar-refractivity contribution < 1.29 is 13.7 Å². The van der Waals surface area contributed by atoms with Crippen LogP contribution in [0, 0.1) is 0 Å². The molecule has 0 amide bonds. The Kier molecular flexibility index (Phi) is 4.09. The lowest BCUT2D eigenvalue weighted by Gasteiger charge is -2.20. The number of hydrogen-bond acceptors (Lipinski definition) is 5. The molecule has 124 valence electrons. The third-order valence-corrected chi connectivity index (χ3v) is 4.30.